The Kier molecular flexibility index (Phi) is 3.36. The van der Waals surface area contributed by atoms with E-state index in [4.69, 9.17) is 23.8 Å². The average Bonchev–Trinajstić information content (AvgIpc) is 2.67. The standard InChI is InChI=1S/C15H12ClFN2S/c1-9-5-14-13(7-12(9)17)18-15(20)19(14)8-10-3-2-4-11(16)6-10/h2-7H,8H2,1H3,(H,18,20). The second kappa shape index (κ2) is 5.04. The second-order valence-electron chi connectivity index (χ2n) is 4.76. The minimum Gasteiger partial charge on any atom is -0.330 e. The summed E-state index contributed by atoms with van der Waals surface area (Å²) in [7, 11) is 0. The maximum absolute atomic E-state index is 13.6. The Hall–Kier alpha value is -1.65. The van der Waals surface area contributed by atoms with Crippen LogP contribution in [0.1, 0.15) is 11.1 Å². The molecule has 0 aliphatic carbocycles. The summed E-state index contributed by atoms with van der Waals surface area (Å²) in [6.07, 6.45) is 0. The SMILES string of the molecule is Cc1cc2c(cc1F)[nH]c(=S)n2Cc1cccc(Cl)c1. The maximum Gasteiger partial charge on any atom is 0.178 e. The van der Waals surface area contributed by atoms with Crippen molar-refractivity contribution in [2.45, 2.75) is 13.5 Å². The molecule has 0 saturated heterocycles. The fraction of sp³-hybridized carbons (Fsp3) is 0.133. The lowest BCUT2D eigenvalue weighted by atomic mass is 10.2. The molecule has 0 radical (unpaired) electrons. The fourth-order valence-electron chi connectivity index (χ4n) is 2.26. The van der Waals surface area contributed by atoms with Crippen molar-refractivity contribution in [3.8, 4) is 0 Å². The number of H-pyrrole nitrogens is 1. The molecule has 20 heavy (non-hydrogen) atoms. The number of nitrogens with zero attached hydrogens (tertiary/aromatic N) is 1. The lowest BCUT2D eigenvalue weighted by Crippen LogP contribution is -2.00. The Morgan fingerprint density at radius 2 is 2.10 bits per heavy atom. The van der Waals surface area contributed by atoms with E-state index in [1.165, 1.54) is 6.07 Å². The third-order valence-corrected chi connectivity index (χ3v) is 3.84. The van der Waals surface area contributed by atoms with Gasteiger partial charge in [0, 0.05) is 5.02 Å². The smallest absolute Gasteiger partial charge is 0.178 e. The molecule has 3 rings (SSSR count). The van der Waals surface area contributed by atoms with Crippen molar-refractivity contribution in [3.63, 3.8) is 0 Å². The molecular formula is C15H12ClFN2S. The predicted octanol–water partition coefficient (Wildman–Crippen LogP) is 4.85. The van der Waals surface area contributed by atoms with Crippen LogP contribution in [0.3, 0.4) is 0 Å². The second-order valence-corrected chi connectivity index (χ2v) is 5.59. The van der Waals surface area contributed by atoms with Gasteiger partial charge in [-0.1, -0.05) is 23.7 Å². The van der Waals surface area contributed by atoms with Crippen LogP contribution in [-0.4, -0.2) is 9.55 Å². The van der Waals surface area contributed by atoms with E-state index in [9.17, 15) is 4.39 Å². The molecule has 0 saturated carbocycles. The van der Waals surface area contributed by atoms with Crippen LogP contribution in [0.2, 0.25) is 5.02 Å². The van der Waals surface area contributed by atoms with Gasteiger partial charge in [0.2, 0.25) is 0 Å². The van der Waals surface area contributed by atoms with Crippen molar-refractivity contribution in [1.82, 2.24) is 9.55 Å². The number of hydrogen-bond donors (Lipinski definition) is 1. The van der Waals surface area contributed by atoms with Crippen LogP contribution in [0, 0.1) is 17.5 Å². The Morgan fingerprint density at radius 1 is 1.30 bits per heavy atom. The summed E-state index contributed by atoms with van der Waals surface area (Å²) in [4.78, 5) is 3.03. The molecule has 0 aliphatic rings. The summed E-state index contributed by atoms with van der Waals surface area (Å²) in [5.41, 5.74) is 3.26. The number of aromatic amines is 1. The van der Waals surface area contributed by atoms with Crippen LogP contribution >= 0.6 is 23.8 Å². The quantitative estimate of drug-likeness (QED) is 0.671. The van der Waals surface area contributed by atoms with E-state index in [0.717, 1.165) is 11.1 Å². The number of halogens is 2. The molecule has 2 nitrogen and oxygen atoms in total. The normalized spacial score (nSPS) is 11.2. The number of hydrogen-bond acceptors (Lipinski definition) is 1. The van der Waals surface area contributed by atoms with Crippen molar-refractivity contribution < 1.29 is 4.39 Å². The zero-order valence-corrected chi connectivity index (χ0v) is 12.4. The van der Waals surface area contributed by atoms with Crippen molar-refractivity contribution in [2.24, 2.45) is 0 Å². The number of nitrogens with one attached hydrogen (secondary N) is 1. The molecule has 0 bridgehead atoms. The molecule has 0 spiro atoms. The van der Waals surface area contributed by atoms with Gasteiger partial charge in [-0.05, 0) is 54.5 Å². The van der Waals surface area contributed by atoms with Gasteiger partial charge in [-0.2, -0.15) is 0 Å². The van der Waals surface area contributed by atoms with Crippen LogP contribution in [-0.2, 0) is 6.54 Å². The first-order chi connectivity index (χ1) is 9.54. The predicted molar refractivity (Wildman–Crippen MR) is 82.4 cm³/mol. The maximum atomic E-state index is 13.6. The van der Waals surface area contributed by atoms with Gasteiger partial charge in [-0.3, -0.25) is 0 Å². The molecule has 0 amide bonds. The highest BCUT2D eigenvalue weighted by atomic mass is 35.5. The van der Waals surface area contributed by atoms with Crippen molar-refractivity contribution in [2.75, 3.05) is 0 Å². The summed E-state index contributed by atoms with van der Waals surface area (Å²) < 4.78 is 16.1. The Morgan fingerprint density at radius 3 is 2.85 bits per heavy atom. The summed E-state index contributed by atoms with van der Waals surface area (Å²) in [5.74, 6) is -0.233. The number of benzene rings is 2. The molecular weight excluding hydrogens is 295 g/mol. The van der Waals surface area contributed by atoms with Crippen LogP contribution < -0.4 is 0 Å². The summed E-state index contributed by atoms with van der Waals surface area (Å²) in [6.45, 7) is 2.35. The summed E-state index contributed by atoms with van der Waals surface area (Å²) in [5, 5.41) is 0.691. The van der Waals surface area contributed by atoms with E-state index in [2.05, 4.69) is 4.98 Å². The minimum absolute atomic E-state index is 0.233. The van der Waals surface area contributed by atoms with E-state index in [0.29, 0.717) is 27.4 Å². The van der Waals surface area contributed by atoms with Gasteiger partial charge in [-0.25, -0.2) is 4.39 Å². The van der Waals surface area contributed by atoms with Gasteiger partial charge < -0.3 is 9.55 Å². The van der Waals surface area contributed by atoms with Gasteiger partial charge in [0.1, 0.15) is 5.82 Å². The van der Waals surface area contributed by atoms with Crippen LogP contribution in [0.15, 0.2) is 36.4 Å². The van der Waals surface area contributed by atoms with Gasteiger partial charge in [-0.15, -0.1) is 0 Å². The first-order valence-corrected chi connectivity index (χ1v) is 6.96. The molecule has 0 unspecified atom stereocenters. The number of imidazole rings is 1. The Labute approximate surface area is 125 Å². The van der Waals surface area contributed by atoms with Crippen molar-refractivity contribution in [1.29, 1.82) is 0 Å². The molecule has 1 heterocycles. The molecule has 0 fully saturated rings. The van der Waals surface area contributed by atoms with Crippen molar-refractivity contribution >= 4 is 34.9 Å². The molecule has 0 aliphatic heterocycles. The highest BCUT2D eigenvalue weighted by Gasteiger charge is 2.08. The van der Waals surface area contributed by atoms with Gasteiger partial charge in [0.05, 0.1) is 17.6 Å². The number of aryl methyl sites for hydroxylation is 1. The summed E-state index contributed by atoms with van der Waals surface area (Å²) in [6, 6.07) is 10.9. The number of rotatable bonds is 2. The van der Waals surface area contributed by atoms with E-state index in [1.54, 1.807) is 6.92 Å². The third-order valence-electron chi connectivity index (χ3n) is 3.28. The van der Waals surface area contributed by atoms with Gasteiger partial charge in [0.15, 0.2) is 4.77 Å². The van der Waals surface area contributed by atoms with Crippen LogP contribution in [0.5, 0.6) is 0 Å². The first-order valence-electron chi connectivity index (χ1n) is 6.18. The number of aromatic nitrogens is 2. The van der Waals surface area contributed by atoms with Crippen LogP contribution in [0.4, 0.5) is 4.39 Å². The molecule has 3 aromatic rings. The molecule has 2 aromatic carbocycles. The molecule has 1 aromatic heterocycles. The molecule has 5 heteroatoms. The monoisotopic (exact) mass is 306 g/mol. The largest absolute Gasteiger partial charge is 0.330 e. The van der Waals surface area contributed by atoms with E-state index >= 15 is 0 Å². The lowest BCUT2D eigenvalue weighted by molar-refractivity contribution is 0.620. The minimum atomic E-state index is -0.233. The highest BCUT2D eigenvalue weighted by Crippen LogP contribution is 2.21. The van der Waals surface area contributed by atoms with E-state index in [1.807, 2.05) is 34.9 Å². The highest BCUT2D eigenvalue weighted by molar-refractivity contribution is 7.71. The van der Waals surface area contributed by atoms with Gasteiger partial charge >= 0.3 is 0 Å². The molecule has 1 N–H and O–H groups in total. The summed E-state index contributed by atoms with van der Waals surface area (Å²) >= 11 is 11.3. The van der Waals surface area contributed by atoms with Crippen molar-refractivity contribution in [3.05, 3.63) is 63.1 Å². The van der Waals surface area contributed by atoms with Crippen LogP contribution in [0.25, 0.3) is 11.0 Å². The molecule has 102 valence electrons. The third kappa shape index (κ3) is 2.37. The zero-order valence-electron chi connectivity index (χ0n) is 10.8. The Bertz CT molecular complexity index is 851. The fourth-order valence-corrected chi connectivity index (χ4v) is 2.74. The number of fused-ring (bicyclic) bond motifs is 1. The van der Waals surface area contributed by atoms with E-state index in [-0.39, 0.29) is 5.82 Å². The lowest BCUT2D eigenvalue weighted by Gasteiger charge is -2.06. The first kappa shape index (κ1) is 13.3. The van der Waals surface area contributed by atoms with E-state index < -0.39 is 0 Å². The molecule has 0 atom stereocenters. The van der Waals surface area contributed by atoms with Gasteiger partial charge in [0.25, 0.3) is 0 Å². The Balaban J connectivity index is 2.14. The zero-order chi connectivity index (χ0) is 14.3. The average molecular weight is 307 g/mol. The topological polar surface area (TPSA) is 20.7 Å².